The standard InChI is InChI=1S/C14H16N2O6S2/c1-7-3-4-11(23(17,18)19)9(5-7)13-12(24(20,21)22)6-10(15)8(2)14(13)16/h3-6H,15-16H2,1-2H3,(H,17,18,19)(H,20,21,22). The minimum Gasteiger partial charge on any atom is -0.398 e. The summed E-state index contributed by atoms with van der Waals surface area (Å²) in [6, 6.07) is 4.89. The molecule has 0 aromatic heterocycles. The van der Waals surface area contributed by atoms with Crippen LogP contribution in [0.1, 0.15) is 11.1 Å². The van der Waals surface area contributed by atoms with Gasteiger partial charge in [0.05, 0.1) is 0 Å². The van der Waals surface area contributed by atoms with Gasteiger partial charge >= 0.3 is 0 Å². The van der Waals surface area contributed by atoms with E-state index >= 15 is 0 Å². The normalized spacial score (nSPS) is 12.3. The van der Waals surface area contributed by atoms with E-state index < -0.39 is 30.0 Å². The van der Waals surface area contributed by atoms with E-state index in [1.165, 1.54) is 19.1 Å². The quantitative estimate of drug-likeness (QED) is 0.467. The minimum atomic E-state index is -4.75. The molecule has 0 aliphatic heterocycles. The summed E-state index contributed by atoms with van der Waals surface area (Å²) in [5.74, 6) is 0. The maximum Gasteiger partial charge on any atom is 0.295 e. The summed E-state index contributed by atoms with van der Waals surface area (Å²) in [5, 5.41) is 0. The Balaban J connectivity index is 3.09. The first-order valence-corrected chi connectivity index (χ1v) is 9.46. The Hall–Kier alpha value is -2.14. The van der Waals surface area contributed by atoms with Gasteiger partial charge in [0.15, 0.2) is 0 Å². The molecule has 0 unspecified atom stereocenters. The topological polar surface area (TPSA) is 161 Å². The highest BCUT2D eigenvalue weighted by Crippen LogP contribution is 2.40. The Kier molecular flexibility index (Phi) is 4.35. The number of anilines is 2. The average molecular weight is 372 g/mol. The van der Waals surface area contributed by atoms with Crippen LogP contribution >= 0.6 is 0 Å². The lowest BCUT2D eigenvalue weighted by molar-refractivity contribution is 0.480. The molecule has 0 fully saturated rings. The number of nitrogens with two attached hydrogens (primary N) is 2. The predicted molar refractivity (Wildman–Crippen MR) is 89.8 cm³/mol. The van der Waals surface area contributed by atoms with Gasteiger partial charge < -0.3 is 11.5 Å². The Labute approximate surface area is 139 Å². The molecule has 0 radical (unpaired) electrons. The summed E-state index contributed by atoms with van der Waals surface area (Å²) in [6.07, 6.45) is 0. The molecule has 2 aromatic rings. The van der Waals surface area contributed by atoms with Crippen molar-refractivity contribution in [3.63, 3.8) is 0 Å². The predicted octanol–water partition coefficient (Wildman–Crippen LogP) is 1.63. The molecular formula is C14H16N2O6S2. The molecule has 6 N–H and O–H groups in total. The first-order valence-electron chi connectivity index (χ1n) is 6.58. The lowest BCUT2D eigenvalue weighted by Crippen LogP contribution is -2.10. The monoisotopic (exact) mass is 372 g/mol. The zero-order chi connectivity index (χ0) is 18.4. The number of aryl methyl sites for hydroxylation is 1. The third kappa shape index (κ3) is 3.22. The van der Waals surface area contributed by atoms with E-state index in [9.17, 15) is 25.9 Å². The maximum absolute atomic E-state index is 11.7. The molecule has 0 saturated carbocycles. The SMILES string of the molecule is Cc1ccc(S(=O)(=O)O)c(-c2c(S(=O)(=O)O)cc(N)c(C)c2N)c1. The van der Waals surface area contributed by atoms with Crippen molar-refractivity contribution in [1.29, 1.82) is 0 Å². The Morgan fingerprint density at radius 2 is 1.42 bits per heavy atom. The lowest BCUT2D eigenvalue weighted by atomic mass is 9.98. The Morgan fingerprint density at radius 1 is 0.875 bits per heavy atom. The van der Waals surface area contributed by atoms with Crippen LogP contribution in [0.25, 0.3) is 11.1 Å². The second kappa shape index (κ2) is 5.74. The van der Waals surface area contributed by atoms with Gasteiger partial charge in [-0.3, -0.25) is 9.11 Å². The molecule has 8 nitrogen and oxygen atoms in total. The molecule has 0 saturated heterocycles. The van der Waals surface area contributed by atoms with Crippen molar-refractivity contribution in [1.82, 2.24) is 0 Å². The van der Waals surface area contributed by atoms with Crippen molar-refractivity contribution in [3.05, 3.63) is 35.4 Å². The van der Waals surface area contributed by atoms with Gasteiger partial charge in [0, 0.05) is 22.5 Å². The van der Waals surface area contributed by atoms with E-state index in [1.54, 1.807) is 6.92 Å². The van der Waals surface area contributed by atoms with Crippen molar-refractivity contribution >= 4 is 31.6 Å². The molecule has 0 atom stereocenters. The Bertz CT molecular complexity index is 1040. The highest BCUT2D eigenvalue weighted by atomic mass is 32.2. The number of benzene rings is 2. The second-order valence-electron chi connectivity index (χ2n) is 5.33. The van der Waals surface area contributed by atoms with Gasteiger partial charge in [-0.15, -0.1) is 0 Å². The van der Waals surface area contributed by atoms with Gasteiger partial charge in [0.1, 0.15) is 9.79 Å². The molecule has 2 rings (SSSR count). The minimum absolute atomic E-state index is 0.0185. The third-order valence-electron chi connectivity index (χ3n) is 3.60. The smallest absolute Gasteiger partial charge is 0.295 e. The van der Waals surface area contributed by atoms with Gasteiger partial charge in [0.25, 0.3) is 20.2 Å². The van der Waals surface area contributed by atoms with Crippen molar-refractivity contribution in [2.24, 2.45) is 0 Å². The summed E-state index contributed by atoms with van der Waals surface area (Å²) in [7, 11) is -9.42. The molecule has 0 bridgehead atoms. The molecule has 0 heterocycles. The molecule has 0 aliphatic rings. The average Bonchev–Trinajstić information content (AvgIpc) is 2.41. The summed E-state index contributed by atoms with van der Waals surface area (Å²) < 4.78 is 65.6. The number of nitrogen functional groups attached to an aromatic ring is 2. The third-order valence-corrected chi connectivity index (χ3v) is 5.39. The molecule has 0 amide bonds. The molecular weight excluding hydrogens is 356 g/mol. The molecule has 130 valence electrons. The van der Waals surface area contributed by atoms with E-state index in [0.29, 0.717) is 11.1 Å². The first-order chi connectivity index (χ1) is 10.8. The van der Waals surface area contributed by atoms with Crippen LogP contribution in [-0.2, 0) is 20.2 Å². The number of hydrogen-bond donors (Lipinski definition) is 4. The summed E-state index contributed by atoms with van der Waals surface area (Å²) in [4.78, 5) is -1.17. The highest BCUT2D eigenvalue weighted by molar-refractivity contribution is 7.86. The van der Waals surface area contributed by atoms with Gasteiger partial charge in [-0.25, -0.2) is 0 Å². The van der Waals surface area contributed by atoms with Crippen LogP contribution in [0.3, 0.4) is 0 Å². The zero-order valence-corrected chi connectivity index (χ0v) is 14.4. The Morgan fingerprint density at radius 3 is 1.92 bits per heavy atom. The van der Waals surface area contributed by atoms with Crippen molar-refractivity contribution in [2.45, 2.75) is 23.6 Å². The fraction of sp³-hybridized carbons (Fsp3) is 0.143. The van der Waals surface area contributed by atoms with E-state index in [1.807, 2.05) is 0 Å². The van der Waals surface area contributed by atoms with Gasteiger partial charge in [0.2, 0.25) is 0 Å². The van der Waals surface area contributed by atoms with E-state index in [2.05, 4.69) is 0 Å². The maximum atomic E-state index is 11.7. The fourth-order valence-electron chi connectivity index (χ4n) is 2.34. The van der Waals surface area contributed by atoms with Crippen molar-refractivity contribution < 1.29 is 25.9 Å². The van der Waals surface area contributed by atoms with Crippen LogP contribution in [0.5, 0.6) is 0 Å². The molecule has 0 aliphatic carbocycles. The van der Waals surface area contributed by atoms with Gasteiger partial charge in [-0.1, -0.05) is 11.6 Å². The van der Waals surface area contributed by atoms with Crippen molar-refractivity contribution in [2.75, 3.05) is 11.5 Å². The fourth-order valence-corrected chi connectivity index (χ4v) is 3.78. The summed E-state index contributed by atoms with van der Waals surface area (Å²) in [6.45, 7) is 3.16. The van der Waals surface area contributed by atoms with Gasteiger partial charge in [-0.05, 0) is 37.6 Å². The van der Waals surface area contributed by atoms with Gasteiger partial charge in [-0.2, -0.15) is 16.8 Å². The second-order valence-corrected chi connectivity index (χ2v) is 8.11. The van der Waals surface area contributed by atoms with E-state index in [4.69, 9.17) is 11.5 Å². The zero-order valence-electron chi connectivity index (χ0n) is 12.8. The van der Waals surface area contributed by atoms with Crippen LogP contribution < -0.4 is 11.5 Å². The van der Waals surface area contributed by atoms with Crippen LogP contribution in [0.15, 0.2) is 34.1 Å². The van der Waals surface area contributed by atoms with Crippen LogP contribution in [-0.4, -0.2) is 25.9 Å². The lowest BCUT2D eigenvalue weighted by Gasteiger charge is -2.17. The number of hydrogen-bond acceptors (Lipinski definition) is 6. The van der Waals surface area contributed by atoms with Crippen LogP contribution in [0.4, 0.5) is 11.4 Å². The highest BCUT2D eigenvalue weighted by Gasteiger charge is 2.27. The van der Waals surface area contributed by atoms with E-state index in [0.717, 1.165) is 12.1 Å². The van der Waals surface area contributed by atoms with Crippen LogP contribution in [0.2, 0.25) is 0 Å². The molecule has 2 aromatic carbocycles. The van der Waals surface area contributed by atoms with E-state index in [-0.39, 0.29) is 22.5 Å². The number of rotatable bonds is 3. The summed E-state index contributed by atoms with van der Waals surface area (Å²) in [5.41, 5.74) is 12.1. The molecule has 0 spiro atoms. The van der Waals surface area contributed by atoms with Crippen molar-refractivity contribution in [3.8, 4) is 11.1 Å². The summed E-state index contributed by atoms with van der Waals surface area (Å²) >= 11 is 0. The molecule has 10 heteroatoms. The first kappa shape index (κ1) is 18.2. The molecule has 24 heavy (non-hydrogen) atoms. The van der Waals surface area contributed by atoms with Crippen LogP contribution in [0, 0.1) is 13.8 Å². The largest absolute Gasteiger partial charge is 0.398 e.